The summed E-state index contributed by atoms with van der Waals surface area (Å²) in [7, 11) is 1.90. The highest BCUT2D eigenvalue weighted by Gasteiger charge is 2.43. The number of amides is 1. The van der Waals surface area contributed by atoms with Crippen LogP contribution in [0.3, 0.4) is 0 Å². The molecule has 0 spiro atoms. The minimum Gasteiger partial charge on any atom is -0.369 e. The molecule has 1 saturated heterocycles. The second-order valence-electron chi connectivity index (χ2n) is 6.84. The maximum atomic E-state index is 12.3. The predicted octanol–water partition coefficient (Wildman–Crippen LogP) is 2.62. The summed E-state index contributed by atoms with van der Waals surface area (Å²) in [5, 5.41) is 11.0. The number of imidazole rings is 1. The zero-order chi connectivity index (χ0) is 19.9. The Morgan fingerprint density at radius 1 is 1.36 bits per heavy atom. The zero-order valence-corrected chi connectivity index (χ0v) is 16.4. The third-order valence-corrected chi connectivity index (χ3v) is 5.19. The molecule has 1 aromatic carbocycles. The largest absolute Gasteiger partial charge is 0.369 e. The average molecular weight is 395 g/mol. The molecule has 0 aliphatic carbocycles. The smallest absolute Gasteiger partial charge is 0.267 e. The van der Waals surface area contributed by atoms with Crippen molar-refractivity contribution in [2.24, 2.45) is 7.05 Å². The molecule has 1 aliphatic heterocycles. The number of aliphatic hydroxyl groups is 1. The van der Waals surface area contributed by atoms with Gasteiger partial charge in [0.15, 0.2) is 0 Å². The van der Waals surface area contributed by atoms with Crippen LogP contribution in [0.1, 0.15) is 18.9 Å². The van der Waals surface area contributed by atoms with E-state index < -0.39 is 5.60 Å². The Morgan fingerprint density at radius 3 is 2.93 bits per heavy atom. The van der Waals surface area contributed by atoms with Crippen LogP contribution in [0, 0.1) is 11.8 Å². The van der Waals surface area contributed by atoms with Crippen LogP contribution in [0.4, 0.5) is 0 Å². The highest BCUT2D eigenvalue weighted by Crippen LogP contribution is 2.28. The topological polar surface area (TPSA) is 71.2 Å². The minimum atomic E-state index is -1.62. The van der Waals surface area contributed by atoms with Gasteiger partial charge in [-0.05, 0) is 19.1 Å². The van der Waals surface area contributed by atoms with Crippen LogP contribution < -0.4 is 0 Å². The van der Waals surface area contributed by atoms with Gasteiger partial charge in [-0.25, -0.2) is 9.97 Å². The van der Waals surface area contributed by atoms with Gasteiger partial charge in [0.2, 0.25) is 5.60 Å². The Morgan fingerprint density at radius 2 is 2.18 bits per heavy atom. The average Bonchev–Trinajstić information content (AvgIpc) is 3.20. The number of fused-ring (bicyclic) bond motifs is 1. The summed E-state index contributed by atoms with van der Waals surface area (Å²) >= 11 is 6.20. The van der Waals surface area contributed by atoms with Crippen molar-refractivity contribution in [2.75, 3.05) is 13.1 Å². The molecule has 0 bridgehead atoms. The van der Waals surface area contributed by atoms with E-state index in [1.54, 1.807) is 17.3 Å². The number of halogens is 1. The Kier molecular flexibility index (Phi) is 4.58. The summed E-state index contributed by atoms with van der Waals surface area (Å²) in [6.45, 7) is 2.97. The number of nitrogens with zero attached hydrogens (tertiary/aromatic N) is 4. The summed E-state index contributed by atoms with van der Waals surface area (Å²) in [5.41, 5.74) is 2.18. The van der Waals surface area contributed by atoms with Crippen LogP contribution in [0.15, 0.2) is 36.7 Å². The van der Waals surface area contributed by atoms with E-state index in [0.29, 0.717) is 35.9 Å². The van der Waals surface area contributed by atoms with Gasteiger partial charge < -0.3 is 14.6 Å². The quantitative estimate of drug-likeness (QED) is 0.535. The molecular formula is C21H19ClN4O2. The van der Waals surface area contributed by atoms with Crippen molar-refractivity contribution >= 4 is 28.5 Å². The number of likely N-dealkylation sites (tertiary alicyclic amines) is 1. The van der Waals surface area contributed by atoms with Gasteiger partial charge in [-0.15, -0.1) is 0 Å². The van der Waals surface area contributed by atoms with Gasteiger partial charge in [0.1, 0.15) is 10.7 Å². The van der Waals surface area contributed by atoms with Crippen LogP contribution >= 0.6 is 11.6 Å². The van der Waals surface area contributed by atoms with Crippen molar-refractivity contribution in [2.45, 2.75) is 18.9 Å². The van der Waals surface area contributed by atoms with E-state index in [9.17, 15) is 9.90 Å². The predicted molar refractivity (Wildman–Crippen MR) is 108 cm³/mol. The number of rotatable bonds is 2. The Hall–Kier alpha value is -2.88. The van der Waals surface area contributed by atoms with E-state index in [2.05, 4.69) is 21.8 Å². The monoisotopic (exact) mass is 394 g/mol. The lowest BCUT2D eigenvalue weighted by Gasteiger charge is -2.15. The van der Waals surface area contributed by atoms with Gasteiger partial charge in [0, 0.05) is 43.8 Å². The summed E-state index contributed by atoms with van der Waals surface area (Å²) < 4.78 is 1.89. The molecular weight excluding hydrogens is 376 g/mol. The van der Waals surface area contributed by atoms with Crippen molar-refractivity contribution in [3.8, 4) is 23.1 Å². The standard InChI is InChI=1S/C21H19ClN4O2/c1-3-26-10-9-21(28,20(26)27)8-7-14-5-4-6-15(11-14)18-19-16(12-17(22)24-18)25(2)13-23-19/h4-6,11-13,28H,3,9-10H2,1-2H3/t21-/m0/s1. The van der Waals surface area contributed by atoms with E-state index in [1.807, 2.05) is 42.8 Å². The number of aromatic nitrogens is 3. The van der Waals surface area contributed by atoms with Crippen LogP contribution in [0.25, 0.3) is 22.3 Å². The number of carbonyl (C=O) groups is 1. The van der Waals surface area contributed by atoms with Crippen LogP contribution in [0.5, 0.6) is 0 Å². The van der Waals surface area contributed by atoms with Crippen molar-refractivity contribution < 1.29 is 9.90 Å². The summed E-state index contributed by atoms with van der Waals surface area (Å²) in [5.74, 6) is 5.39. The second-order valence-corrected chi connectivity index (χ2v) is 7.23. The number of likely N-dealkylation sites (N-methyl/N-ethyl adjacent to an activating group) is 1. The van der Waals surface area contributed by atoms with E-state index >= 15 is 0 Å². The number of pyridine rings is 1. The fraction of sp³-hybridized carbons (Fsp3) is 0.286. The van der Waals surface area contributed by atoms with Crippen molar-refractivity contribution in [3.63, 3.8) is 0 Å². The Balaban J connectivity index is 1.72. The first-order valence-corrected chi connectivity index (χ1v) is 9.42. The molecule has 0 unspecified atom stereocenters. The molecule has 2 aromatic heterocycles. The molecule has 6 nitrogen and oxygen atoms in total. The number of hydrogen-bond donors (Lipinski definition) is 1. The van der Waals surface area contributed by atoms with E-state index in [-0.39, 0.29) is 5.91 Å². The molecule has 1 amide bonds. The summed E-state index contributed by atoms with van der Waals surface area (Å²) in [6.07, 6.45) is 2.04. The number of aryl methyl sites for hydroxylation is 1. The minimum absolute atomic E-state index is 0.316. The maximum absolute atomic E-state index is 12.3. The van der Waals surface area contributed by atoms with Gasteiger partial charge in [-0.3, -0.25) is 4.79 Å². The normalized spacial score (nSPS) is 19.1. The van der Waals surface area contributed by atoms with Gasteiger partial charge >= 0.3 is 0 Å². The molecule has 3 aromatic rings. The van der Waals surface area contributed by atoms with Gasteiger partial charge in [0.25, 0.3) is 5.91 Å². The highest BCUT2D eigenvalue weighted by molar-refractivity contribution is 6.30. The molecule has 4 rings (SSSR count). The first kappa shape index (κ1) is 18.5. The van der Waals surface area contributed by atoms with Gasteiger partial charge in [0.05, 0.1) is 17.5 Å². The Bertz CT molecular complexity index is 1140. The first-order chi connectivity index (χ1) is 13.4. The lowest BCUT2D eigenvalue weighted by Crippen LogP contribution is -2.38. The fourth-order valence-electron chi connectivity index (χ4n) is 3.40. The van der Waals surface area contributed by atoms with E-state index in [4.69, 9.17) is 11.6 Å². The van der Waals surface area contributed by atoms with Crippen molar-refractivity contribution in [3.05, 3.63) is 47.4 Å². The van der Waals surface area contributed by atoms with Crippen LogP contribution in [-0.4, -0.2) is 49.1 Å². The lowest BCUT2D eigenvalue weighted by atomic mass is 10.0. The molecule has 3 heterocycles. The fourth-order valence-corrected chi connectivity index (χ4v) is 3.59. The Labute approximate surface area is 167 Å². The van der Waals surface area contributed by atoms with Gasteiger partial charge in [-0.2, -0.15) is 0 Å². The van der Waals surface area contributed by atoms with E-state index in [0.717, 1.165) is 16.6 Å². The molecule has 28 heavy (non-hydrogen) atoms. The third kappa shape index (κ3) is 3.13. The van der Waals surface area contributed by atoms with Crippen molar-refractivity contribution in [1.82, 2.24) is 19.4 Å². The second kappa shape index (κ2) is 6.93. The number of benzene rings is 1. The molecule has 7 heteroatoms. The molecule has 1 fully saturated rings. The first-order valence-electron chi connectivity index (χ1n) is 9.04. The molecule has 0 saturated carbocycles. The molecule has 0 radical (unpaired) electrons. The van der Waals surface area contributed by atoms with Crippen LogP contribution in [0.2, 0.25) is 5.15 Å². The number of hydrogen-bond acceptors (Lipinski definition) is 4. The molecule has 1 N–H and O–H groups in total. The summed E-state index contributed by atoms with van der Waals surface area (Å²) in [6, 6.07) is 9.23. The maximum Gasteiger partial charge on any atom is 0.267 e. The van der Waals surface area contributed by atoms with Crippen LogP contribution in [-0.2, 0) is 11.8 Å². The summed E-state index contributed by atoms with van der Waals surface area (Å²) in [4.78, 5) is 22.8. The third-order valence-electron chi connectivity index (χ3n) is 5.00. The van der Waals surface area contributed by atoms with Crippen molar-refractivity contribution in [1.29, 1.82) is 0 Å². The number of carbonyl (C=O) groups excluding carboxylic acids is 1. The lowest BCUT2D eigenvalue weighted by molar-refractivity contribution is -0.138. The molecule has 142 valence electrons. The SMILES string of the molecule is CCN1CC[C@@](O)(C#Cc2cccc(-c3nc(Cl)cc4c3ncn4C)c2)C1=O. The molecule has 1 atom stereocenters. The zero-order valence-electron chi connectivity index (χ0n) is 15.6. The van der Waals surface area contributed by atoms with E-state index in [1.165, 1.54) is 0 Å². The molecule has 1 aliphatic rings. The van der Waals surface area contributed by atoms with Gasteiger partial charge in [-0.1, -0.05) is 35.6 Å². The highest BCUT2D eigenvalue weighted by atomic mass is 35.5.